The Kier molecular flexibility index (Phi) is 7.69. The molecule has 0 spiro atoms. The van der Waals surface area contributed by atoms with Gasteiger partial charge in [-0.15, -0.1) is 0 Å². The topological polar surface area (TPSA) is 94.8 Å². The Morgan fingerprint density at radius 3 is 2.61 bits per heavy atom. The van der Waals surface area contributed by atoms with Gasteiger partial charge in [0.1, 0.15) is 5.78 Å². The van der Waals surface area contributed by atoms with Crippen molar-refractivity contribution in [2.24, 2.45) is 29.1 Å². The van der Waals surface area contributed by atoms with Gasteiger partial charge < -0.3 is 15.3 Å². The van der Waals surface area contributed by atoms with Gasteiger partial charge in [0.2, 0.25) is 0 Å². The van der Waals surface area contributed by atoms with Crippen LogP contribution in [0, 0.1) is 29.1 Å². The number of hydrogen-bond acceptors (Lipinski definition) is 4. The Bertz CT molecular complexity index is 612. The number of carboxylic acid groups (broad SMARTS) is 1. The van der Waals surface area contributed by atoms with Crippen molar-refractivity contribution in [2.45, 2.75) is 90.7 Å². The van der Waals surface area contributed by atoms with Crippen molar-refractivity contribution < 1.29 is 26.3 Å². The average molecular weight is 396 g/mol. The second-order valence-corrected chi connectivity index (χ2v) is 9.38. The maximum atomic E-state index is 12.4. The van der Waals surface area contributed by atoms with Crippen molar-refractivity contribution in [2.75, 3.05) is 0 Å². The molecule has 160 valence electrons. The smallest absolute Gasteiger partial charge is 0.306 e. The average Bonchev–Trinajstić information content (AvgIpc) is 3.35. The summed E-state index contributed by atoms with van der Waals surface area (Å²) < 4.78 is 8.38. The fourth-order valence-electron chi connectivity index (χ4n) is 4.41. The Labute approximate surface area is 170 Å². The lowest BCUT2D eigenvalue weighted by atomic mass is 9.80. The summed E-state index contributed by atoms with van der Waals surface area (Å²) in [6.45, 7) is 5.82. The van der Waals surface area contributed by atoms with Crippen LogP contribution in [0.4, 0.5) is 0 Å². The van der Waals surface area contributed by atoms with Crippen LogP contribution in [0.15, 0.2) is 12.2 Å². The molecule has 0 amide bonds. The molecule has 0 aromatic heterocycles. The van der Waals surface area contributed by atoms with E-state index in [1.807, 2.05) is 13.8 Å². The van der Waals surface area contributed by atoms with Crippen LogP contribution in [0.3, 0.4) is 0 Å². The molecule has 3 N–H and O–H groups in total. The second kappa shape index (κ2) is 10.0. The lowest BCUT2D eigenvalue weighted by Crippen LogP contribution is -2.28. The largest absolute Gasteiger partial charge is 0.481 e. The van der Waals surface area contributed by atoms with E-state index in [0.29, 0.717) is 6.42 Å². The van der Waals surface area contributed by atoms with Crippen molar-refractivity contribution in [3.05, 3.63) is 12.2 Å². The number of unbranched alkanes of at least 4 members (excludes halogenated alkanes) is 2. The minimum Gasteiger partial charge on any atom is -0.481 e. The summed E-state index contributed by atoms with van der Waals surface area (Å²) in [7, 11) is 0. The summed E-state index contributed by atoms with van der Waals surface area (Å²) >= 11 is 0. The number of Topliss-reactive ketones (excluding diaryl/α,β-unsaturated/α-hetero) is 1. The zero-order valence-corrected chi connectivity index (χ0v) is 17.6. The molecule has 6 atom stereocenters. The number of hydrogen-bond donors (Lipinski definition) is 3. The molecule has 2 rings (SSSR count). The molecule has 0 aliphatic heterocycles. The molecule has 2 saturated carbocycles. The van der Waals surface area contributed by atoms with Crippen molar-refractivity contribution in [3.63, 3.8) is 0 Å². The highest BCUT2D eigenvalue weighted by Crippen LogP contribution is 2.43. The third kappa shape index (κ3) is 6.15. The fourth-order valence-corrected chi connectivity index (χ4v) is 4.41. The third-order valence-electron chi connectivity index (χ3n) is 6.64. The lowest BCUT2D eigenvalue weighted by molar-refractivity contribution is -0.138. The molecule has 2 fully saturated rings. The van der Waals surface area contributed by atoms with Crippen LogP contribution in [0.5, 0.6) is 0 Å². The number of aliphatic hydroxyl groups excluding tert-OH is 1. The van der Waals surface area contributed by atoms with Gasteiger partial charge in [0.25, 0.3) is 0 Å². The zero-order chi connectivity index (χ0) is 21.8. The third-order valence-corrected chi connectivity index (χ3v) is 6.64. The van der Waals surface area contributed by atoms with Crippen LogP contribution in [0.2, 0.25) is 0 Å². The molecule has 0 bridgehead atoms. The van der Waals surface area contributed by atoms with Crippen molar-refractivity contribution >= 4 is 11.8 Å². The van der Waals surface area contributed by atoms with Crippen molar-refractivity contribution in [1.82, 2.24) is 0 Å². The zero-order valence-electron chi connectivity index (χ0n) is 18.6. The minimum absolute atomic E-state index is 0.0424. The van der Waals surface area contributed by atoms with Gasteiger partial charge in [0.05, 0.1) is 19.5 Å². The molecule has 0 aromatic rings. The number of rotatable bonds is 12. The molecule has 28 heavy (non-hydrogen) atoms. The van der Waals surface area contributed by atoms with Gasteiger partial charge in [-0.2, -0.15) is 0 Å². The van der Waals surface area contributed by atoms with Gasteiger partial charge in [-0.3, -0.25) is 9.59 Å². The molecule has 0 aromatic carbocycles. The van der Waals surface area contributed by atoms with E-state index in [4.69, 9.17) is 6.48 Å². The molecule has 0 heterocycles. The quantitative estimate of drug-likeness (QED) is 0.343. The first-order chi connectivity index (χ1) is 13.5. The van der Waals surface area contributed by atoms with Crippen LogP contribution in [-0.2, 0) is 9.59 Å². The Morgan fingerprint density at radius 1 is 1.32 bits per heavy atom. The van der Waals surface area contributed by atoms with Crippen LogP contribution >= 0.6 is 0 Å². The van der Waals surface area contributed by atoms with Gasteiger partial charge in [-0.25, -0.2) is 0 Å². The lowest BCUT2D eigenvalue weighted by Gasteiger charge is -2.29. The first-order valence-corrected chi connectivity index (χ1v) is 10.9. The number of aliphatic carboxylic acids is 1. The molecule has 5 nitrogen and oxygen atoms in total. The van der Waals surface area contributed by atoms with Crippen LogP contribution in [0.1, 0.15) is 79.9 Å². The van der Waals surface area contributed by atoms with Gasteiger partial charge in [-0.1, -0.05) is 58.6 Å². The van der Waals surface area contributed by atoms with Gasteiger partial charge >= 0.3 is 5.97 Å². The van der Waals surface area contributed by atoms with E-state index in [2.05, 4.69) is 6.92 Å². The maximum absolute atomic E-state index is 12.4. The molecule has 2 aliphatic rings. The minimum atomic E-state index is -1.75. The first-order valence-electron chi connectivity index (χ1n) is 11.4. The van der Waals surface area contributed by atoms with Crippen LogP contribution in [0.25, 0.3) is 0 Å². The normalized spacial score (nSPS) is 33.1. The van der Waals surface area contributed by atoms with E-state index >= 15 is 0 Å². The van der Waals surface area contributed by atoms with E-state index in [9.17, 15) is 19.8 Å². The summed E-state index contributed by atoms with van der Waals surface area (Å²) in [6, 6.07) is 0. The Balaban J connectivity index is 1.90. The SMILES string of the molecule is [2H][C@@](O)(C=C[C@H]1[C@H](O)CC(=O)[C@@H]1CCCC[C@@H]1C[C@H]1C(=O)O)C(C)(C)CCCC. The predicted molar refractivity (Wildman–Crippen MR) is 109 cm³/mol. The number of carbonyl (C=O) groups excluding carboxylic acids is 1. The highest BCUT2D eigenvalue weighted by Gasteiger charge is 2.43. The molecule has 2 aliphatic carbocycles. The van der Waals surface area contributed by atoms with E-state index in [1.165, 1.54) is 6.08 Å². The van der Waals surface area contributed by atoms with E-state index in [-0.39, 0.29) is 35.9 Å². The highest BCUT2D eigenvalue weighted by atomic mass is 16.4. The van der Waals surface area contributed by atoms with Crippen LogP contribution in [-0.4, -0.2) is 39.3 Å². The van der Waals surface area contributed by atoms with Gasteiger partial charge in [0, 0.05) is 18.3 Å². The maximum Gasteiger partial charge on any atom is 0.306 e. The summed E-state index contributed by atoms with van der Waals surface area (Å²) in [5, 5.41) is 30.0. The monoisotopic (exact) mass is 395 g/mol. The van der Waals surface area contributed by atoms with Crippen molar-refractivity contribution in [1.29, 1.82) is 0 Å². The van der Waals surface area contributed by atoms with Crippen LogP contribution < -0.4 is 0 Å². The van der Waals surface area contributed by atoms with E-state index in [0.717, 1.165) is 44.9 Å². The highest BCUT2D eigenvalue weighted by molar-refractivity contribution is 5.84. The second-order valence-electron chi connectivity index (χ2n) is 9.38. The molecule has 0 saturated heterocycles. The molecular weight excluding hydrogens is 356 g/mol. The molecular formula is C23H38O5. The molecule has 5 heteroatoms. The number of carbonyl (C=O) groups is 2. The number of carboxylic acids is 1. The summed E-state index contributed by atoms with van der Waals surface area (Å²) in [5.41, 5.74) is -0.618. The molecule has 0 unspecified atom stereocenters. The van der Waals surface area contributed by atoms with Gasteiger partial charge in [0.15, 0.2) is 0 Å². The van der Waals surface area contributed by atoms with Crippen molar-refractivity contribution in [3.8, 4) is 0 Å². The predicted octanol–water partition coefficient (Wildman–Crippen LogP) is 3.97. The summed E-state index contributed by atoms with van der Waals surface area (Å²) in [5.74, 6) is -1.23. The Morgan fingerprint density at radius 2 is 2.00 bits per heavy atom. The fraction of sp³-hybridized carbons (Fsp3) is 0.826. The molecule has 0 radical (unpaired) electrons. The van der Waals surface area contributed by atoms with E-state index < -0.39 is 23.6 Å². The Hall–Kier alpha value is -1.20. The summed E-state index contributed by atoms with van der Waals surface area (Å²) in [4.78, 5) is 23.3. The standard InChI is InChI=1S/C23H38O5/c1-4-5-12-23(2,3)21(26)11-10-17-16(19(24)14-20(17)25)9-7-6-8-15-13-18(15)22(27)28/h10-11,15-18,20-21,25-26H,4-9,12-14H2,1-3H3,(H,27,28)/t15-,16-,17-,18-,20-,21-/m1/s1/i21D. The summed E-state index contributed by atoms with van der Waals surface area (Å²) in [6.07, 6.45) is 7.40. The first kappa shape index (κ1) is 21.5. The van der Waals surface area contributed by atoms with E-state index in [1.54, 1.807) is 6.08 Å². The number of ketones is 1. The van der Waals surface area contributed by atoms with Gasteiger partial charge in [-0.05, 0) is 37.0 Å². The number of aliphatic hydroxyl groups is 2.